The molecule has 0 bridgehead atoms. The lowest BCUT2D eigenvalue weighted by molar-refractivity contribution is 0.301. The van der Waals surface area contributed by atoms with Gasteiger partial charge in [-0.05, 0) is 74.2 Å². The van der Waals surface area contributed by atoms with E-state index in [4.69, 9.17) is 18.9 Å². The Labute approximate surface area is 361 Å². The van der Waals surface area contributed by atoms with Crippen LogP contribution in [0.4, 0.5) is 0 Å². The van der Waals surface area contributed by atoms with Crippen molar-refractivity contribution in [3.8, 4) is 34.5 Å². The van der Waals surface area contributed by atoms with E-state index >= 15 is 0 Å². The number of unbranched alkanes of at least 4 members (excludes halogenated alkanes) is 18. The van der Waals surface area contributed by atoms with Gasteiger partial charge in [-0.3, -0.25) is 9.98 Å². The first-order valence-electron chi connectivity index (χ1n) is 22.9. The van der Waals surface area contributed by atoms with E-state index in [2.05, 4.69) is 9.98 Å². The third kappa shape index (κ3) is 22.4. The van der Waals surface area contributed by atoms with Crippen LogP contribution in [0.1, 0.15) is 140 Å². The molecule has 0 radical (unpaired) electrons. The van der Waals surface area contributed by atoms with Crippen LogP contribution in [-0.4, -0.2) is 62.2 Å². The Morgan fingerprint density at radius 1 is 0.333 bits per heavy atom. The maximum absolute atomic E-state index is 10.5. The van der Waals surface area contributed by atoms with Gasteiger partial charge in [0.2, 0.25) is 0 Å². The third-order valence-electron chi connectivity index (χ3n) is 10.5. The van der Waals surface area contributed by atoms with Crippen LogP contribution >= 0.6 is 0 Å². The van der Waals surface area contributed by atoms with Crippen molar-refractivity contribution < 1.29 is 29.2 Å². The largest absolute Gasteiger partial charge is 0.507 e. The van der Waals surface area contributed by atoms with Crippen molar-refractivity contribution in [1.29, 1.82) is 0 Å². The van der Waals surface area contributed by atoms with E-state index in [1.165, 1.54) is 89.9 Å². The third-order valence-corrected chi connectivity index (χ3v) is 10.5. The van der Waals surface area contributed by atoms with Crippen LogP contribution in [0.2, 0.25) is 0 Å². The predicted molar refractivity (Wildman–Crippen MR) is 248 cm³/mol. The maximum Gasteiger partial charge on any atom is 0.128 e. The summed E-state index contributed by atoms with van der Waals surface area (Å²) in [6, 6.07) is 30.8. The molecule has 8 nitrogen and oxygen atoms in total. The van der Waals surface area contributed by atoms with Crippen LogP contribution in [0.15, 0.2) is 107 Å². The normalized spacial score (nSPS) is 11.4. The fraction of sp³-hybridized carbons (Fsp3) is 0.500. The number of benzene rings is 4. The second kappa shape index (κ2) is 31.9. The van der Waals surface area contributed by atoms with Crippen LogP contribution in [0.5, 0.6) is 34.5 Å². The first kappa shape index (κ1) is 47.7. The zero-order valence-corrected chi connectivity index (χ0v) is 36.2. The molecule has 4 aromatic carbocycles. The molecule has 0 saturated carbocycles. The Balaban J connectivity index is 0.926. The highest BCUT2D eigenvalue weighted by Crippen LogP contribution is 2.24. The summed E-state index contributed by atoms with van der Waals surface area (Å²) in [4.78, 5) is 8.82. The zero-order valence-electron chi connectivity index (χ0n) is 36.2. The van der Waals surface area contributed by atoms with Gasteiger partial charge in [-0.1, -0.05) is 139 Å². The van der Waals surface area contributed by atoms with E-state index < -0.39 is 0 Å². The molecule has 0 aliphatic carbocycles. The summed E-state index contributed by atoms with van der Waals surface area (Å²) in [5.41, 5.74) is 1.28. The SMILES string of the molecule is Oc1cc(OCCCCCCCCCCCCOc2ccccc2)ccc1C=NCCN=Cc1ccc(OCCCCCCCCCCCCOc2ccccc2)cc1O. The molecular weight excluding hydrogens is 749 g/mol. The molecule has 0 aliphatic heterocycles. The molecule has 60 heavy (non-hydrogen) atoms. The highest BCUT2D eigenvalue weighted by molar-refractivity contribution is 5.84. The smallest absolute Gasteiger partial charge is 0.128 e. The summed E-state index contributed by atoms with van der Waals surface area (Å²) < 4.78 is 23.3. The van der Waals surface area contributed by atoms with Crippen LogP contribution in [0, 0.1) is 0 Å². The summed E-state index contributed by atoms with van der Waals surface area (Å²) in [6.07, 6.45) is 27.8. The van der Waals surface area contributed by atoms with Gasteiger partial charge in [0.1, 0.15) is 34.5 Å². The molecule has 0 unspecified atom stereocenters. The van der Waals surface area contributed by atoms with E-state index in [0.717, 1.165) is 63.2 Å². The van der Waals surface area contributed by atoms with Crippen molar-refractivity contribution in [2.75, 3.05) is 39.5 Å². The molecule has 0 saturated heterocycles. The van der Waals surface area contributed by atoms with Gasteiger partial charge in [0.25, 0.3) is 0 Å². The number of aromatic hydroxyl groups is 2. The van der Waals surface area contributed by atoms with Crippen molar-refractivity contribution in [2.24, 2.45) is 9.98 Å². The number of aliphatic imine (C=N–C) groups is 2. The summed E-state index contributed by atoms with van der Waals surface area (Å²) in [6.45, 7) is 3.84. The zero-order chi connectivity index (χ0) is 42.0. The number of nitrogens with zero attached hydrogens (tertiary/aromatic N) is 2. The number of rotatable bonds is 35. The van der Waals surface area contributed by atoms with Gasteiger partial charge in [-0.2, -0.15) is 0 Å². The Hall–Kier alpha value is -4.98. The second-order valence-corrected chi connectivity index (χ2v) is 15.6. The van der Waals surface area contributed by atoms with Crippen molar-refractivity contribution in [1.82, 2.24) is 0 Å². The van der Waals surface area contributed by atoms with Gasteiger partial charge in [0, 0.05) is 35.7 Å². The first-order valence-corrected chi connectivity index (χ1v) is 22.9. The molecule has 326 valence electrons. The summed E-state index contributed by atoms with van der Waals surface area (Å²) in [5.74, 6) is 3.56. The molecule has 4 rings (SSSR count). The van der Waals surface area contributed by atoms with Crippen LogP contribution < -0.4 is 18.9 Å². The standard InChI is InChI=1S/C52H72N2O6/c55-51-41-49(59-39-25-15-11-7-3-1-5-9-13-23-37-57-47-27-19-17-20-28-47)33-31-45(51)43-53-35-36-54-44-46-32-34-50(42-52(46)56)60-40-26-16-12-8-4-2-6-10-14-24-38-58-48-29-21-18-22-30-48/h17-22,27-34,41-44,55-56H,1-16,23-26,35-40H2. The lowest BCUT2D eigenvalue weighted by Crippen LogP contribution is -1.98. The molecule has 4 aromatic rings. The number of phenolic OH excluding ortho intramolecular Hbond substituents is 2. The predicted octanol–water partition coefficient (Wildman–Crippen LogP) is 13.4. The fourth-order valence-electron chi connectivity index (χ4n) is 6.92. The highest BCUT2D eigenvalue weighted by Gasteiger charge is 2.04. The van der Waals surface area contributed by atoms with E-state index in [-0.39, 0.29) is 11.5 Å². The Morgan fingerprint density at radius 3 is 0.917 bits per heavy atom. The van der Waals surface area contributed by atoms with Gasteiger partial charge < -0.3 is 29.2 Å². The van der Waals surface area contributed by atoms with E-state index in [1.807, 2.05) is 84.9 Å². The van der Waals surface area contributed by atoms with E-state index in [0.29, 0.717) is 48.9 Å². The van der Waals surface area contributed by atoms with Crippen molar-refractivity contribution in [3.63, 3.8) is 0 Å². The minimum absolute atomic E-state index is 0.148. The van der Waals surface area contributed by atoms with Crippen molar-refractivity contribution in [3.05, 3.63) is 108 Å². The maximum atomic E-state index is 10.5. The molecular formula is C52H72N2O6. The van der Waals surface area contributed by atoms with Gasteiger partial charge in [0.05, 0.1) is 39.5 Å². The monoisotopic (exact) mass is 821 g/mol. The van der Waals surface area contributed by atoms with Crippen LogP contribution in [0.3, 0.4) is 0 Å². The van der Waals surface area contributed by atoms with Gasteiger partial charge >= 0.3 is 0 Å². The molecule has 0 amide bonds. The lowest BCUT2D eigenvalue weighted by Gasteiger charge is -2.08. The minimum Gasteiger partial charge on any atom is -0.507 e. The Kier molecular flexibility index (Phi) is 25.3. The topological polar surface area (TPSA) is 102 Å². The van der Waals surface area contributed by atoms with Crippen LogP contribution in [0.25, 0.3) is 0 Å². The van der Waals surface area contributed by atoms with Gasteiger partial charge in [-0.15, -0.1) is 0 Å². The number of hydrogen-bond acceptors (Lipinski definition) is 8. The average molecular weight is 821 g/mol. The lowest BCUT2D eigenvalue weighted by atomic mass is 10.1. The molecule has 0 aliphatic rings. The molecule has 0 spiro atoms. The number of ether oxygens (including phenoxy) is 4. The van der Waals surface area contributed by atoms with Crippen molar-refractivity contribution in [2.45, 2.75) is 128 Å². The summed E-state index contributed by atoms with van der Waals surface area (Å²) in [5, 5.41) is 21.0. The minimum atomic E-state index is 0.148. The van der Waals surface area contributed by atoms with Gasteiger partial charge in [-0.25, -0.2) is 0 Å². The number of para-hydroxylation sites is 2. The average Bonchev–Trinajstić information content (AvgIpc) is 3.27. The molecule has 0 atom stereocenters. The number of phenols is 2. The van der Waals surface area contributed by atoms with Crippen molar-refractivity contribution >= 4 is 12.4 Å². The molecule has 8 heteroatoms. The summed E-state index contributed by atoms with van der Waals surface area (Å²) >= 11 is 0. The molecule has 0 aromatic heterocycles. The Morgan fingerprint density at radius 2 is 0.617 bits per heavy atom. The molecule has 0 fully saturated rings. The number of hydrogen-bond donors (Lipinski definition) is 2. The van der Waals surface area contributed by atoms with E-state index in [1.54, 1.807) is 24.6 Å². The molecule has 0 heterocycles. The van der Waals surface area contributed by atoms with Crippen LogP contribution in [-0.2, 0) is 0 Å². The molecule has 2 N–H and O–H groups in total. The van der Waals surface area contributed by atoms with E-state index in [9.17, 15) is 10.2 Å². The quantitative estimate of drug-likeness (QED) is 0.0354. The summed E-state index contributed by atoms with van der Waals surface area (Å²) in [7, 11) is 0. The fourth-order valence-corrected chi connectivity index (χ4v) is 6.92. The first-order chi connectivity index (χ1) is 29.7. The second-order valence-electron chi connectivity index (χ2n) is 15.6. The van der Waals surface area contributed by atoms with Gasteiger partial charge in [0.15, 0.2) is 0 Å². The highest BCUT2D eigenvalue weighted by atomic mass is 16.5. The Bertz CT molecular complexity index is 1590.